The molecule has 0 radical (unpaired) electrons. The van der Waals surface area contributed by atoms with E-state index in [1.165, 1.54) is 28.9 Å². The number of aryl methyl sites for hydroxylation is 1. The van der Waals surface area contributed by atoms with E-state index in [9.17, 15) is 14.7 Å². The summed E-state index contributed by atoms with van der Waals surface area (Å²) >= 11 is 1.53. The molecule has 1 saturated heterocycles. The van der Waals surface area contributed by atoms with Crippen molar-refractivity contribution in [2.24, 2.45) is 5.41 Å². The van der Waals surface area contributed by atoms with Crippen molar-refractivity contribution in [2.75, 3.05) is 26.8 Å². The van der Waals surface area contributed by atoms with E-state index >= 15 is 0 Å². The first-order valence-electron chi connectivity index (χ1n) is 8.68. The van der Waals surface area contributed by atoms with Gasteiger partial charge >= 0.3 is 5.97 Å². The molecule has 2 aliphatic rings. The van der Waals surface area contributed by atoms with Crippen LogP contribution in [0.1, 0.15) is 52.9 Å². The Morgan fingerprint density at radius 1 is 1.33 bits per heavy atom. The summed E-state index contributed by atoms with van der Waals surface area (Å²) in [6.45, 7) is 1.34. The fourth-order valence-electron chi connectivity index (χ4n) is 3.93. The molecule has 1 fully saturated rings. The molecule has 3 rings (SSSR count). The maximum Gasteiger partial charge on any atom is 0.311 e. The van der Waals surface area contributed by atoms with Crippen LogP contribution in [0.15, 0.2) is 5.38 Å². The van der Waals surface area contributed by atoms with Crippen molar-refractivity contribution in [1.82, 2.24) is 4.90 Å². The molecule has 1 amide bonds. The highest BCUT2D eigenvalue weighted by Gasteiger charge is 2.43. The van der Waals surface area contributed by atoms with Crippen LogP contribution in [0.25, 0.3) is 0 Å². The topological polar surface area (TPSA) is 66.8 Å². The molecule has 1 unspecified atom stereocenters. The number of amides is 1. The smallest absolute Gasteiger partial charge is 0.311 e. The number of hydrogen-bond donors (Lipinski definition) is 1. The molecule has 1 N–H and O–H groups in total. The van der Waals surface area contributed by atoms with Gasteiger partial charge in [-0.25, -0.2) is 0 Å². The summed E-state index contributed by atoms with van der Waals surface area (Å²) in [5, 5.41) is 11.9. The van der Waals surface area contributed by atoms with Gasteiger partial charge in [0.25, 0.3) is 5.91 Å². The zero-order valence-corrected chi connectivity index (χ0v) is 15.0. The average Bonchev–Trinajstić information content (AvgIpc) is 3.03. The van der Waals surface area contributed by atoms with Crippen LogP contribution in [0, 0.1) is 5.41 Å². The van der Waals surface area contributed by atoms with Crippen LogP contribution in [0.5, 0.6) is 0 Å². The zero-order valence-electron chi connectivity index (χ0n) is 14.2. The van der Waals surface area contributed by atoms with Crippen LogP contribution in [0.4, 0.5) is 0 Å². The van der Waals surface area contributed by atoms with Gasteiger partial charge in [0.1, 0.15) is 0 Å². The third-order valence-electron chi connectivity index (χ3n) is 5.40. The molecule has 132 valence electrons. The van der Waals surface area contributed by atoms with Crippen molar-refractivity contribution in [3.8, 4) is 0 Å². The van der Waals surface area contributed by atoms with E-state index in [0.29, 0.717) is 26.0 Å². The summed E-state index contributed by atoms with van der Waals surface area (Å²) in [6.07, 6.45) is 6.16. The van der Waals surface area contributed by atoms with E-state index in [4.69, 9.17) is 4.74 Å². The van der Waals surface area contributed by atoms with Gasteiger partial charge in [-0.05, 0) is 61.5 Å². The standard InChI is InChI=1S/C18H25NO4S/c1-23-10-8-18(17(21)22)7-4-9-19(12-18)16(20)15-14-6-3-2-5-13(14)11-24-15/h11H,2-10,12H2,1H3,(H,21,22). The van der Waals surface area contributed by atoms with E-state index in [1.54, 1.807) is 12.0 Å². The van der Waals surface area contributed by atoms with E-state index < -0.39 is 11.4 Å². The van der Waals surface area contributed by atoms with Crippen LogP contribution >= 0.6 is 11.3 Å². The number of hydrogen-bond acceptors (Lipinski definition) is 4. The third-order valence-corrected chi connectivity index (χ3v) is 6.46. The van der Waals surface area contributed by atoms with Crippen molar-refractivity contribution in [3.63, 3.8) is 0 Å². The van der Waals surface area contributed by atoms with Crippen molar-refractivity contribution >= 4 is 23.2 Å². The number of carboxylic acid groups (broad SMARTS) is 1. The maximum absolute atomic E-state index is 13.0. The number of likely N-dealkylation sites (tertiary alicyclic amines) is 1. The third kappa shape index (κ3) is 3.22. The van der Waals surface area contributed by atoms with E-state index in [2.05, 4.69) is 5.38 Å². The summed E-state index contributed by atoms with van der Waals surface area (Å²) < 4.78 is 5.10. The Hall–Kier alpha value is -1.40. The van der Waals surface area contributed by atoms with Gasteiger partial charge in [0.2, 0.25) is 0 Å². The quantitative estimate of drug-likeness (QED) is 0.886. The number of thiophene rings is 1. The van der Waals surface area contributed by atoms with Gasteiger partial charge in [-0.2, -0.15) is 0 Å². The SMILES string of the molecule is COCCC1(C(=O)O)CCCN(C(=O)c2scc3c2CCCC3)C1. The summed E-state index contributed by atoms with van der Waals surface area (Å²) in [6, 6.07) is 0. The Labute approximate surface area is 146 Å². The van der Waals surface area contributed by atoms with Crippen molar-refractivity contribution in [3.05, 3.63) is 21.4 Å². The van der Waals surface area contributed by atoms with Crippen LogP contribution in [-0.2, 0) is 22.4 Å². The van der Waals surface area contributed by atoms with Crippen LogP contribution < -0.4 is 0 Å². The zero-order chi connectivity index (χ0) is 17.2. The lowest BCUT2D eigenvalue weighted by Crippen LogP contribution is -2.50. The van der Waals surface area contributed by atoms with Crippen molar-refractivity contribution in [2.45, 2.75) is 44.9 Å². The second kappa shape index (κ2) is 7.23. The summed E-state index contributed by atoms with van der Waals surface area (Å²) in [7, 11) is 1.58. The maximum atomic E-state index is 13.0. The largest absolute Gasteiger partial charge is 0.481 e. The first-order valence-corrected chi connectivity index (χ1v) is 9.56. The molecule has 24 heavy (non-hydrogen) atoms. The number of nitrogens with zero attached hydrogens (tertiary/aromatic N) is 1. The second-order valence-electron chi connectivity index (χ2n) is 6.93. The molecule has 1 aromatic heterocycles. The number of aliphatic carboxylic acids is 1. The molecule has 5 nitrogen and oxygen atoms in total. The Morgan fingerprint density at radius 2 is 2.12 bits per heavy atom. The molecule has 0 aromatic carbocycles. The molecular weight excluding hydrogens is 326 g/mol. The number of rotatable bonds is 5. The number of carbonyl (C=O) groups is 2. The highest BCUT2D eigenvalue weighted by Crippen LogP contribution is 2.36. The second-order valence-corrected chi connectivity index (χ2v) is 7.81. The van der Waals surface area contributed by atoms with Crippen LogP contribution in [-0.4, -0.2) is 48.7 Å². The van der Waals surface area contributed by atoms with E-state index in [-0.39, 0.29) is 12.5 Å². The molecule has 0 saturated carbocycles. The lowest BCUT2D eigenvalue weighted by molar-refractivity contribution is -0.153. The van der Waals surface area contributed by atoms with Crippen molar-refractivity contribution in [1.29, 1.82) is 0 Å². The molecule has 0 spiro atoms. The number of carboxylic acids is 1. The Kier molecular flexibility index (Phi) is 5.25. The van der Waals surface area contributed by atoms with Crippen LogP contribution in [0.3, 0.4) is 0 Å². The Morgan fingerprint density at radius 3 is 2.88 bits per heavy atom. The predicted molar refractivity (Wildman–Crippen MR) is 92.7 cm³/mol. The van der Waals surface area contributed by atoms with E-state index in [0.717, 1.165) is 30.6 Å². The number of methoxy groups -OCH3 is 1. The fraction of sp³-hybridized carbons (Fsp3) is 0.667. The van der Waals surface area contributed by atoms with Gasteiger partial charge < -0.3 is 14.7 Å². The minimum Gasteiger partial charge on any atom is -0.481 e. The number of piperidine rings is 1. The monoisotopic (exact) mass is 351 g/mol. The molecular formula is C18H25NO4S. The number of fused-ring (bicyclic) bond motifs is 1. The average molecular weight is 351 g/mol. The molecule has 6 heteroatoms. The molecule has 2 heterocycles. The fourth-order valence-corrected chi connectivity index (χ4v) is 5.06. The number of ether oxygens (including phenoxy) is 1. The minimum atomic E-state index is -0.874. The Balaban J connectivity index is 1.80. The highest BCUT2D eigenvalue weighted by molar-refractivity contribution is 7.12. The minimum absolute atomic E-state index is 0.0193. The highest BCUT2D eigenvalue weighted by atomic mass is 32.1. The van der Waals surface area contributed by atoms with Gasteiger partial charge in [0, 0.05) is 26.8 Å². The first-order chi connectivity index (χ1) is 11.6. The summed E-state index contributed by atoms with van der Waals surface area (Å²) in [5.74, 6) is -0.795. The van der Waals surface area contributed by atoms with E-state index in [1.807, 2.05) is 0 Å². The predicted octanol–water partition coefficient (Wildman–Crippen LogP) is 2.97. The summed E-state index contributed by atoms with van der Waals surface area (Å²) in [5.41, 5.74) is 1.65. The molecule has 1 atom stereocenters. The first kappa shape index (κ1) is 17.4. The summed E-state index contributed by atoms with van der Waals surface area (Å²) in [4.78, 5) is 27.5. The number of carbonyl (C=O) groups excluding carboxylic acids is 1. The molecule has 1 aliphatic carbocycles. The molecule has 0 bridgehead atoms. The van der Waals surface area contributed by atoms with Gasteiger partial charge in [-0.1, -0.05) is 0 Å². The molecule has 1 aliphatic heterocycles. The molecule has 1 aromatic rings. The van der Waals surface area contributed by atoms with Gasteiger partial charge in [-0.15, -0.1) is 11.3 Å². The van der Waals surface area contributed by atoms with Gasteiger partial charge in [-0.3, -0.25) is 9.59 Å². The van der Waals surface area contributed by atoms with Gasteiger partial charge in [0.05, 0.1) is 10.3 Å². The van der Waals surface area contributed by atoms with Gasteiger partial charge in [0.15, 0.2) is 0 Å². The lowest BCUT2D eigenvalue weighted by atomic mass is 9.77. The normalized spacial score (nSPS) is 23.8. The Bertz CT molecular complexity index is 627. The van der Waals surface area contributed by atoms with Crippen LogP contribution in [0.2, 0.25) is 0 Å². The van der Waals surface area contributed by atoms with Crippen molar-refractivity contribution < 1.29 is 19.4 Å². The lowest BCUT2D eigenvalue weighted by Gasteiger charge is -2.40.